The Morgan fingerprint density at radius 2 is 1.25 bits per heavy atom. The van der Waals surface area contributed by atoms with Crippen LogP contribution in [0.1, 0.15) is 109 Å². The van der Waals surface area contributed by atoms with Crippen molar-refractivity contribution in [2.75, 3.05) is 0 Å². The fourth-order valence-electron chi connectivity index (χ4n) is 3.84. The number of benzene rings is 1. The van der Waals surface area contributed by atoms with Crippen LogP contribution in [0.25, 0.3) is 11.4 Å². The monoisotopic (exact) mass is 436 g/mol. The van der Waals surface area contributed by atoms with Crippen molar-refractivity contribution < 1.29 is 4.74 Å². The Hall–Kier alpha value is -2.16. The third-order valence-electron chi connectivity index (χ3n) is 5.91. The lowest BCUT2D eigenvalue weighted by Gasteiger charge is -2.05. The maximum absolute atomic E-state index is 5.74. The Morgan fingerprint density at radius 3 is 1.88 bits per heavy atom. The first-order chi connectivity index (χ1) is 15.8. The Labute approximate surface area is 196 Å². The van der Waals surface area contributed by atoms with Crippen molar-refractivity contribution in [1.29, 1.82) is 0 Å². The molecule has 0 saturated heterocycles. The van der Waals surface area contributed by atoms with Gasteiger partial charge in [-0.05, 0) is 61.6 Å². The number of hydrogen-bond donors (Lipinski definition) is 0. The number of unbranched alkanes of at least 4 members (excludes halogenated alkanes) is 12. The minimum atomic E-state index is 0.775. The largest absolute Gasteiger partial charge is 0.465 e. The fourth-order valence-corrected chi connectivity index (χ4v) is 3.84. The van der Waals surface area contributed by atoms with Crippen LogP contribution >= 0.6 is 0 Å². The van der Waals surface area contributed by atoms with E-state index in [1.807, 2.05) is 42.9 Å². The normalized spacial score (nSPS) is 11.3. The van der Waals surface area contributed by atoms with Gasteiger partial charge in [0.15, 0.2) is 5.82 Å². The second-order valence-corrected chi connectivity index (χ2v) is 8.86. The van der Waals surface area contributed by atoms with Crippen molar-refractivity contribution in [3.63, 3.8) is 0 Å². The first-order valence-electron chi connectivity index (χ1n) is 13.1. The molecule has 0 unspecified atom stereocenters. The lowest BCUT2D eigenvalue weighted by molar-refractivity contribution is 0.477. The summed E-state index contributed by atoms with van der Waals surface area (Å²) in [4.78, 5) is 9.12. The molecule has 0 fully saturated rings. The van der Waals surface area contributed by atoms with E-state index in [9.17, 15) is 0 Å². The quantitative estimate of drug-likeness (QED) is 0.173. The molecule has 0 atom stereocenters. The van der Waals surface area contributed by atoms with Gasteiger partial charge < -0.3 is 4.74 Å². The van der Waals surface area contributed by atoms with E-state index in [-0.39, 0.29) is 0 Å². The average Bonchev–Trinajstić information content (AvgIpc) is 2.83. The summed E-state index contributed by atoms with van der Waals surface area (Å²) < 4.78 is 5.74. The zero-order chi connectivity index (χ0) is 22.7. The van der Waals surface area contributed by atoms with E-state index in [1.54, 1.807) is 0 Å². The van der Waals surface area contributed by atoms with Crippen molar-refractivity contribution in [2.24, 2.45) is 0 Å². The summed E-state index contributed by atoms with van der Waals surface area (Å²) in [5.74, 6) is 1.63. The molecule has 0 N–H and O–H groups in total. The van der Waals surface area contributed by atoms with E-state index >= 15 is 0 Å². The molecule has 176 valence electrons. The van der Waals surface area contributed by atoms with E-state index in [4.69, 9.17) is 4.74 Å². The summed E-state index contributed by atoms with van der Waals surface area (Å²) in [6, 6.07) is 8.03. The Bertz CT molecular complexity index is 722. The standard InChI is InChI=1S/C29H44N2O/c1-3-5-7-9-10-11-12-13-15-17-23-32-28-21-19-27(20-22-28)29-30-24-26(25-31-29)18-16-14-8-6-4-2/h17,19-25H,3-16,18H2,1-2H3/b23-17+. The van der Waals surface area contributed by atoms with Gasteiger partial charge >= 0.3 is 0 Å². The number of ether oxygens (including phenoxy) is 1. The number of aryl methyl sites for hydroxylation is 1. The smallest absolute Gasteiger partial charge is 0.159 e. The van der Waals surface area contributed by atoms with Crippen LogP contribution in [-0.4, -0.2) is 9.97 Å². The number of hydrogen-bond acceptors (Lipinski definition) is 3. The van der Waals surface area contributed by atoms with Crippen LogP contribution in [0.5, 0.6) is 5.75 Å². The summed E-state index contributed by atoms with van der Waals surface area (Å²) in [6.07, 6.45) is 27.4. The molecular formula is C29H44N2O. The molecule has 0 saturated carbocycles. The zero-order valence-corrected chi connectivity index (χ0v) is 20.5. The predicted molar refractivity (Wildman–Crippen MR) is 137 cm³/mol. The van der Waals surface area contributed by atoms with Crippen LogP contribution in [-0.2, 0) is 6.42 Å². The van der Waals surface area contributed by atoms with Crippen LogP contribution in [0.2, 0.25) is 0 Å². The molecule has 0 bridgehead atoms. The molecule has 3 nitrogen and oxygen atoms in total. The molecule has 2 rings (SSSR count). The first-order valence-corrected chi connectivity index (χ1v) is 13.1. The third-order valence-corrected chi connectivity index (χ3v) is 5.91. The predicted octanol–water partition coefficient (Wildman–Crippen LogP) is 9.08. The Kier molecular flexibility index (Phi) is 14.2. The van der Waals surface area contributed by atoms with Gasteiger partial charge in [-0.1, -0.05) is 84.5 Å². The van der Waals surface area contributed by atoms with Gasteiger partial charge in [0.25, 0.3) is 0 Å². The SMILES string of the molecule is CCCCCCCCCC/C=C/Oc1ccc(-c2ncc(CCCCCCC)cn2)cc1. The number of aromatic nitrogens is 2. The van der Waals surface area contributed by atoms with Gasteiger partial charge in [0.05, 0.1) is 6.26 Å². The highest BCUT2D eigenvalue weighted by atomic mass is 16.5. The second-order valence-electron chi connectivity index (χ2n) is 8.86. The highest BCUT2D eigenvalue weighted by molar-refractivity contribution is 5.55. The fraction of sp³-hybridized carbons (Fsp3) is 0.586. The molecule has 0 aliphatic heterocycles. The lowest BCUT2D eigenvalue weighted by Crippen LogP contribution is -1.93. The lowest BCUT2D eigenvalue weighted by atomic mass is 10.1. The molecule has 0 amide bonds. The van der Waals surface area contributed by atoms with Crippen LogP contribution < -0.4 is 4.74 Å². The van der Waals surface area contributed by atoms with Crippen LogP contribution in [0, 0.1) is 0 Å². The van der Waals surface area contributed by atoms with Crippen molar-refractivity contribution in [3.8, 4) is 17.1 Å². The Balaban J connectivity index is 1.62. The van der Waals surface area contributed by atoms with Gasteiger partial charge in [-0.2, -0.15) is 0 Å². The molecule has 1 heterocycles. The number of rotatable bonds is 18. The first kappa shape index (κ1) is 26.1. The second kappa shape index (κ2) is 17.4. The van der Waals surface area contributed by atoms with E-state index in [1.165, 1.54) is 89.0 Å². The maximum atomic E-state index is 5.74. The van der Waals surface area contributed by atoms with Gasteiger partial charge in [-0.25, -0.2) is 9.97 Å². The Morgan fingerprint density at radius 1 is 0.688 bits per heavy atom. The molecule has 1 aromatic carbocycles. The number of nitrogens with zero attached hydrogens (tertiary/aromatic N) is 2. The maximum Gasteiger partial charge on any atom is 0.159 e. The molecule has 0 spiro atoms. The molecular weight excluding hydrogens is 392 g/mol. The zero-order valence-electron chi connectivity index (χ0n) is 20.5. The molecule has 2 aromatic rings. The number of allylic oxidation sites excluding steroid dienone is 1. The molecule has 1 aromatic heterocycles. The molecule has 32 heavy (non-hydrogen) atoms. The average molecular weight is 437 g/mol. The highest BCUT2D eigenvalue weighted by Crippen LogP contribution is 2.20. The van der Waals surface area contributed by atoms with E-state index < -0.39 is 0 Å². The van der Waals surface area contributed by atoms with Crippen LogP contribution in [0.4, 0.5) is 0 Å². The van der Waals surface area contributed by atoms with Gasteiger partial charge in [-0.15, -0.1) is 0 Å². The van der Waals surface area contributed by atoms with Crippen molar-refractivity contribution in [1.82, 2.24) is 9.97 Å². The van der Waals surface area contributed by atoms with Gasteiger partial charge in [-0.3, -0.25) is 0 Å². The van der Waals surface area contributed by atoms with E-state index in [0.717, 1.165) is 30.0 Å². The summed E-state index contributed by atoms with van der Waals surface area (Å²) in [5.41, 5.74) is 2.25. The minimum absolute atomic E-state index is 0.775. The third kappa shape index (κ3) is 11.5. The molecule has 0 aliphatic carbocycles. The summed E-state index contributed by atoms with van der Waals surface area (Å²) >= 11 is 0. The van der Waals surface area contributed by atoms with E-state index in [0.29, 0.717) is 0 Å². The van der Waals surface area contributed by atoms with Gasteiger partial charge in [0.1, 0.15) is 5.75 Å². The van der Waals surface area contributed by atoms with Gasteiger partial charge in [0, 0.05) is 18.0 Å². The molecule has 0 aliphatic rings. The van der Waals surface area contributed by atoms with Crippen molar-refractivity contribution >= 4 is 0 Å². The highest BCUT2D eigenvalue weighted by Gasteiger charge is 2.02. The van der Waals surface area contributed by atoms with Crippen LogP contribution in [0.15, 0.2) is 49.0 Å². The van der Waals surface area contributed by atoms with Crippen molar-refractivity contribution in [3.05, 3.63) is 54.6 Å². The van der Waals surface area contributed by atoms with Gasteiger partial charge in [0.2, 0.25) is 0 Å². The van der Waals surface area contributed by atoms with Crippen molar-refractivity contribution in [2.45, 2.75) is 110 Å². The molecule has 3 heteroatoms. The minimum Gasteiger partial charge on any atom is -0.465 e. The topological polar surface area (TPSA) is 35.0 Å². The summed E-state index contributed by atoms with van der Waals surface area (Å²) in [6.45, 7) is 4.52. The summed E-state index contributed by atoms with van der Waals surface area (Å²) in [5, 5.41) is 0. The van der Waals surface area contributed by atoms with Crippen LogP contribution in [0.3, 0.4) is 0 Å². The molecule has 0 radical (unpaired) electrons. The van der Waals surface area contributed by atoms with E-state index in [2.05, 4.69) is 29.9 Å². The summed E-state index contributed by atoms with van der Waals surface area (Å²) in [7, 11) is 0.